The zero-order chi connectivity index (χ0) is 29.5. The Morgan fingerprint density at radius 3 is 1.45 bits per heavy atom. The standard InChI is InChI=1S/C16H33N3.C15H31N3O.C2H6/c1-14(2)18-7-5-16(6-8-18)13-17-9-11-19(12-10-17)15(3)4;1-14(2)17-8-10-18(11-9-17)15-4-6-16(7-5-15)12-13-19-3;1-2/h14-16H,5-13H2,1-4H3;14-15H,4-13H2,1-3H3;1-2H3. The van der Waals surface area contributed by atoms with E-state index in [2.05, 4.69) is 70.9 Å². The van der Waals surface area contributed by atoms with Gasteiger partial charge in [-0.25, -0.2) is 0 Å². The monoisotopic (exact) mass is 567 g/mol. The molecule has 4 rings (SSSR count). The molecule has 0 atom stereocenters. The van der Waals surface area contributed by atoms with Crippen molar-refractivity contribution in [2.24, 2.45) is 5.92 Å². The lowest BCUT2D eigenvalue weighted by molar-refractivity contribution is 0.0430. The van der Waals surface area contributed by atoms with Crippen LogP contribution in [0.5, 0.6) is 0 Å². The second-order valence-corrected chi connectivity index (χ2v) is 13.2. The largest absolute Gasteiger partial charge is 0.383 e. The fourth-order valence-electron chi connectivity index (χ4n) is 6.83. The van der Waals surface area contributed by atoms with E-state index in [1.165, 1.54) is 111 Å². The van der Waals surface area contributed by atoms with Crippen LogP contribution in [0.3, 0.4) is 0 Å². The highest BCUT2D eigenvalue weighted by Crippen LogP contribution is 2.21. The topological polar surface area (TPSA) is 28.7 Å². The maximum absolute atomic E-state index is 5.16. The molecule has 4 aliphatic rings. The third-order valence-electron chi connectivity index (χ3n) is 9.80. The van der Waals surface area contributed by atoms with Crippen LogP contribution < -0.4 is 0 Å². The number of hydrogen-bond acceptors (Lipinski definition) is 7. The summed E-state index contributed by atoms with van der Waals surface area (Å²) in [6.45, 7) is 36.5. The van der Waals surface area contributed by atoms with Crippen LogP contribution in [-0.4, -0.2) is 159 Å². The van der Waals surface area contributed by atoms with Gasteiger partial charge in [0.2, 0.25) is 0 Å². The Kier molecular flexibility index (Phi) is 17.8. The minimum absolute atomic E-state index is 0.707. The number of piperidine rings is 2. The van der Waals surface area contributed by atoms with Gasteiger partial charge in [-0.15, -0.1) is 0 Å². The van der Waals surface area contributed by atoms with Gasteiger partial charge in [-0.05, 0) is 99.3 Å². The van der Waals surface area contributed by atoms with Crippen LogP contribution in [0.15, 0.2) is 0 Å². The number of hydrogen-bond donors (Lipinski definition) is 0. The van der Waals surface area contributed by atoms with E-state index >= 15 is 0 Å². The lowest BCUT2D eigenvalue weighted by Gasteiger charge is -2.43. The van der Waals surface area contributed by atoms with Gasteiger partial charge in [0.15, 0.2) is 0 Å². The molecule has 0 bridgehead atoms. The maximum Gasteiger partial charge on any atom is 0.0589 e. The first kappa shape index (κ1) is 35.9. The molecule has 4 fully saturated rings. The summed E-state index contributed by atoms with van der Waals surface area (Å²) in [5.41, 5.74) is 0. The molecule has 7 heteroatoms. The van der Waals surface area contributed by atoms with Gasteiger partial charge >= 0.3 is 0 Å². The highest BCUT2D eigenvalue weighted by molar-refractivity contribution is 4.84. The van der Waals surface area contributed by atoms with Gasteiger partial charge < -0.3 is 19.4 Å². The quantitative estimate of drug-likeness (QED) is 0.411. The number of rotatable bonds is 9. The molecule has 0 saturated carbocycles. The molecule has 4 aliphatic heterocycles. The molecule has 0 spiro atoms. The molecule has 0 amide bonds. The van der Waals surface area contributed by atoms with Crippen molar-refractivity contribution in [3.05, 3.63) is 0 Å². The molecular formula is C33H70N6O. The summed E-state index contributed by atoms with van der Waals surface area (Å²) in [5.74, 6) is 0.945. The van der Waals surface area contributed by atoms with Crippen LogP contribution in [-0.2, 0) is 4.74 Å². The molecule has 4 heterocycles. The minimum atomic E-state index is 0.707. The molecule has 0 radical (unpaired) electrons. The Labute approximate surface area is 250 Å². The van der Waals surface area contributed by atoms with Crippen molar-refractivity contribution in [3.63, 3.8) is 0 Å². The Morgan fingerprint density at radius 2 is 1.00 bits per heavy atom. The van der Waals surface area contributed by atoms with E-state index in [-0.39, 0.29) is 0 Å². The Hall–Kier alpha value is -0.280. The average Bonchev–Trinajstić information content (AvgIpc) is 2.98. The number of piperazine rings is 2. The van der Waals surface area contributed by atoms with Crippen LogP contribution in [0.1, 0.15) is 81.1 Å². The first-order valence-corrected chi connectivity index (χ1v) is 17.2. The van der Waals surface area contributed by atoms with Gasteiger partial charge in [-0.1, -0.05) is 13.8 Å². The molecule has 0 N–H and O–H groups in total. The molecular weight excluding hydrogens is 496 g/mol. The lowest BCUT2D eigenvalue weighted by atomic mass is 9.95. The minimum Gasteiger partial charge on any atom is -0.383 e. The predicted molar refractivity (Wildman–Crippen MR) is 174 cm³/mol. The summed E-state index contributed by atoms with van der Waals surface area (Å²) in [5, 5.41) is 0. The molecule has 0 unspecified atom stereocenters. The summed E-state index contributed by atoms with van der Waals surface area (Å²) in [7, 11) is 1.79. The number of ether oxygens (including phenoxy) is 1. The van der Waals surface area contributed by atoms with E-state index in [4.69, 9.17) is 4.74 Å². The van der Waals surface area contributed by atoms with Crippen molar-refractivity contribution in [1.82, 2.24) is 29.4 Å². The van der Waals surface area contributed by atoms with Crippen LogP contribution in [0.4, 0.5) is 0 Å². The van der Waals surface area contributed by atoms with E-state index in [9.17, 15) is 0 Å². The summed E-state index contributed by atoms with van der Waals surface area (Å²) in [6.07, 6.45) is 5.49. The zero-order valence-corrected chi connectivity index (χ0v) is 28.4. The summed E-state index contributed by atoms with van der Waals surface area (Å²) >= 11 is 0. The van der Waals surface area contributed by atoms with E-state index in [0.29, 0.717) is 6.04 Å². The number of nitrogens with zero attached hydrogens (tertiary/aromatic N) is 6. The third kappa shape index (κ3) is 12.5. The highest BCUT2D eigenvalue weighted by atomic mass is 16.5. The van der Waals surface area contributed by atoms with Crippen LogP contribution in [0, 0.1) is 5.92 Å². The molecule has 0 aromatic carbocycles. The van der Waals surface area contributed by atoms with Crippen LogP contribution >= 0.6 is 0 Å². The normalized spacial score (nSPS) is 24.3. The Balaban J connectivity index is 0.000000264. The van der Waals surface area contributed by atoms with Gasteiger partial charge in [0, 0.05) is 96.7 Å². The van der Waals surface area contributed by atoms with Gasteiger partial charge in [-0.3, -0.25) is 14.7 Å². The first-order chi connectivity index (χ1) is 19.3. The molecule has 4 saturated heterocycles. The van der Waals surface area contributed by atoms with Crippen molar-refractivity contribution >= 4 is 0 Å². The van der Waals surface area contributed by atoms with Gasteiger partial charge in [0.1, 0.15) is 0 Å². The molecule has 7 nitrogen and oxygen atoms in total. The molecule has 40 heavy (non-hydrogen) atoms. The van der Waals surface area contributed by atoms with Gasteiger partial charge in [0.05, 0.1) is 6.61 Å². The Morgan fingerprint density at radius 1 is 0.550 bits per heavy atom. The predicted octanol–water partition coefficient (Wildman–Crippen LogP) is 4.28. The van der Waals surface area contributed by atoms with Crippen molar-refractivity contribution in [3.8, 4) is 0 Å². The fourth-order valence-corrected chi connectivity index (χ4v) is 6.83. The van der Waals surface area contributed by atoms with Crippen molar-refractivity contribution in [2.45, 2.75) is 105 Å². The number of methoxy groups -OCH3 is 1. The van der Waals surface area contributed by atoms with Crippen LogP contribution in [0.25, 0.3) is 0 Å². The zero-order valence-electron chi connectivity index (χ0n) is 28.4. The van der Waals surface area contributed by atoms with Crippen LogP contribution in [0.2, 0.25) is 0 Å². The van der Waals surface area contributed by atoms with Crippen molar-refractivity contribution in [1.29, 1.82) is 0 Å². The molecule has 0 aliphatic carbocycles. The summed E-state index contributed by atoms with van der Waals surface area (Å²) in [4.78, 5) is 15.8. The van der Waals surface area contributed by atoms with E-state index in [0.717, 1.165) is 37.2 Å². The van der Waals surface area contributed by atoms with E-state index < -0.39 is 0 Å². The second kappa shape index (κ2) is 19.8. The lowest BCUT2D eigenvalue weighted by Crippen LogP contribution is -2.54. The second-order valence-electron chi connectivity index (χ2n) is 13.2. The highest BCUT2D eigenvalue weighted by Gasteiger charge is 2.28. The maximum atomic E-state index is 5.16. The average molecular weight is 567 g/mol. The van der Waals surface area contributed by atoms with Crippen molar-refractivity contribution < 1.29 is 4.74 Å². The van der Waals surface area contributed by atoms with Crippen molar-refractivity contribution in [2.75, 3.05) is 105 Å². The summed E-state index contributed by atoms with van der Waals surface area (Å²) in [6, 6.07) is 2.98. The smallest absolute Gasteiger partial charge is 0.0589 e. The first-order valence-electron chi connectivity index (χ1n) is 17.2. The Bertz CT molecular complexity index is 574. The molecule has 0 aromatic rings. The third-order valence-corrected chi connectivity index (χ3v) is 9.80. The fraction of sp³-hybridized carbons (Fsp3) is 1.00. The van der Waals surface area contributed by atoms with E-state index in [1.54, 1.807) is 7.11 Å². The van der Waals surface area contributed by atoms with Gasteiger partial charge in [0.25, 0.3) is 0 Å². The van der Waals surface area contributed by atoms with E-state index in [1.807, 2.05) is 13.8 Å². The number of likely N-dealkylation sites (tertiary alicyclic amines) is 2. The summed E-state index contributed by atoms with van der Waals surface area (Å²) < 4.78 is 5.16. The van der Waals surface area contributed by atoms with Gasteiger partial charge in [-0.2, -0.15) is 0 Å². The molecule has 238 valence electrons. The molecule has 0 aromatic heterocycles. The SMILES string of the molecule is CC.CC(C)N1CCC(CN2CCN(C(C)C)CC2)CC1.COCCN1CCC(N2CCN(C(C)C)CC2)CC1.